The van der Waals surface area contributed by atoms with Gasteiger partial charge in [0.2, 0.25) is 5.43 Å². The van der Waals surface area contributed by atoms with Crippen LogP contribution in [-0.4, -0.2) is 21.7 Å². The van der Waals surface area contributed by atoms with Crippen molar-refractivity contribution in [2.75, 3.05) is 0 Å². The van der Waals surface area contributed by atoms with E-state index in [1.165, 1.54) is 38.2 Å². The van der Waals surface area contributed by atoms with Gasteiger partial charge in [-0.05, 0) is 74.8 Å². The Morgan fingerprint density at radius 2 is 1.75 bits per heavy atom. The van der Waals surface area contributed by atoms with E-state index in [1.54, 1.807) is 17.7 Å². The van der Waals surface area contributed by atoms with Crippen LogP contribution in [0.5, 0.6) is 0 Å². The van der Waals surface area contributed by atoms with Gasteiger partial charge in [-0.25, -0.2) is 4.68 Å². The zero-order chi connectivity index (χ0) is 19.4. The lowest BCUT2D eigenvalue weighted by Crippen LogP contribution is -2.56. The third kappa shape index (κ3) is 2.96. The van der Waals surface area contributed by atoms with Gasteiger partial charge in [0.15, 0.2) is 5.69 Å². The lowest BCUT2D eigenvalue weighted by molar-refractivity contribution is -0.0120. The summed E-state index contributed by atoms with van der Waals surface area (Å²) in [5, 5.41) is 8.10. The van der Waals surface area contributed by atoms with Crippen molar-refractivity contribution in [3.05, 3.63) is 57.0 Å². The van der Waals surface area contributed by atoms with Crippen LogP contribution >= 0.6 is 11.6 Å². The molecule has 1 aromatic carbocycles. The summed E-state index contributed by atoms with van der Waals surface area (Å²) in [6.07, 6.45) is 6.22. The molecule has 4 saturated carbocycles. The number of aryl methyl sites for hydroxylation is 1. The number of carbonyl (C=O) groups is 1. The lowest BCUT2D eigenvalue weighted by Gasteiger charge is -2.54. The number of hydrogen-bond acceptors (Lipinski definition) is 3. The van der Waals surface area contributed by atoms with Crippen LogP contribution in [-0.2, 0) is 0 Å². The molecule has 4 bridgehead atoms. The van der Waals surface area contributed by atoms with Crippen molar-refractivity contribution in [3.8, 4) is 5.69 Å². The predicted octanol–water partition coefficient (Wildman–Crippen LogP) is 3.75. The van der Waals surface area contributed by atoms with E-state index in [2.05, 4.69) is 10.4 Å². The maximum Gasteiger partial charge on any atom is 0.276 e. The number of para-hydroxylation sites is 1. The number of amides is 1. The standard InChI is InChI=1S/C22H24ClN3O2/c1-12-6-19(27)21(25-26(12)18-5-3-2-4-17(18)23)22(28)24-20-15-8-13-7-14(10-15)11-16(20)9-13/h2-6,13-16,20H,7-11H2,1H3,(H,24,28). The second-order valence-electron chi connectivity index (χ2n) is 8.79. The molecule has 6 rings (SSSR count). The fraction of sp³-hybridized carbons (Fsp3) is 0.500. The first-order chi connectivity index (χ1) is 13.5. The van der Waals surface area contributed by atoms with Gasteiger partial charge < -0.3 is 5.32 Å². The van der Waals surface area contributed by atoms with Crippen molar-refractivity contribution < 1.29 is 4.79 Å². The summed E-state index contributed by atoms with van der Waals surface area (Å²) in [7, 11) is 0. The minimum Gasteiger partial charge on any atom is -0.347 e. The van der Waals surface area contributed by atoms with Gasteiger partial charge in [-0.2, -0.15) is 5.10 Å². The summed E-state index contributed by atoms with van der Waals surface area (Å²) < 4.78 is 1.58. The van der Waals surface area contributed by atoms with Gasteiger partial charge in [0.05, 0.1) is 10.7 Å². The molecule has 4 aliphatic rings. The molecule has 0 aliphatic heterocycles. The van der Waals surface area contributed by atoms with Gasteiger partial charge in [-0.1, -0.05) is 23.7 Å². The molecule has 2 aromatic rings. The first-order valence-electron chi connectivity index (χ1n) is 10.2. The minimum absolute atomic E-state index is 0.0562. The molecule has 1 amide bonds. The van der Waals surface area contributed by atoms with Crippen LogP contribution in [0.4, 0.5) is 0 Å². The summed E-state index contributed by atoms with van der Waals surface area (Å²) >= 11 is 6.30. The maximum absolute atomic E-state index is 13.0. The molecule has 0 saturated heterocycles. The molecular formula is C22H24ClN3O2. The van der Waals surface area contributed by atoms with E-state index >= 15 is 0 Å². The first-order valence-corrected chi connectivity index (χ1v) is 10.5. The quantitative estimate of drug-likeness (QED) is 0.857. The number of carbonyl (C=O) groups excluding carboxylic acids is 1. The molecule has 5 nitrogen and oxygen atoms in total. The second kappa shape index (κ2) is 6.73. The molecule has 1 heterocycles. The number of benzene rings is 1. The van der Waals surface area contributed by atoms with Crippen molar-refractivity contribution in [3.63, 3.8) is 0 Å². The van der Waals surface area contributed by atoms with E-state index in [1.807, 2.05) is 18.2 Å². The molecule has 4 fully saturated rings. The Hall–Kier alpha value is -2.14. The number of halogens is 1. The Labute approximate surface area is 169 Å². The van der Waals surface area contributed by atoms with E-state index in [-0.39, 0.29) is 23.1 Å². The predicted molar refractivity (Wildman–Crippen MR) is 108 cm³/mol. The van der Waals surface area contributed by atoms with Crippen LogP contribution in [0.1, 0.15) is 48.3 Å². The Kier molecular flexibility index (Phi) is 4.31. The molecule has 6 heteroatoms. The Bertz CT molecular complexity index is 972. The minimum atomic E-state index is -0.358. The highest BCUT2D eigenvalue weighted by atomic mass is 35.5. The van der Waals surface area contributed by atoms with Crippen LogP contribution in [0.3, 0.4) is 0 Å². The summed E-state index contributed by atoms with van der Waals surface area (Å²) in [6.45, 7) is 1.79. The van der Waals surface area contributed by atoms with Crippen LogP contribution in [0.25, 0.3) is 5.69 Å². The Balaban J connectivity index is 1.45. The highest BCUT2D eigenvalue weighted by Crippen LogP contribution is 2.53. The number of hydrogen-bond donors (Lipinski definition) is 1. The molecule has 28 heavy (non-hydrogen) atoms. The van der Waals surface area contributed by atoms with Gasteiger partial charge in [0, 0.05) is 17.8 Å². The summed E-state index contributed by atoms with van der Waals surface area (Å²) in [6, 6.07) is 8.92. The zero-order valence-corrected chi connectivity index (χ0v) is 16.7. The van der Waals surface area contributed by atoms with Crippen LogP contribution < -0.4 is 10.7 Å². The SMILES string of the molecule is Cc1cc(=O)c(C(=O)NC2C3CC4CC(C3)CC2C4)nn1-c1ccccc1Cl. The molecule has 0 spiro atoms. The molecular weight excluding hydrogens is 374 g/mol. The van der Waals surface area contributed by atoms with Gasteiger partial charge >= 0.3 is 0 Å². The number of nitrogens with one attached hydrogen (secondary N) is 1. The highest BCUT2D eigenvalue weighted by molar-refractivity contribution is 6.32. The highest BCUT2D eigenvalue weighted by Gasteiger charge is 2.48. The summed E-state index contributed by atoms with van der Waals surface area (Å²) in [5.41, 5.74) is 0.899. The van der Waals surface area contributed by atoms with Crippen LogP contribution in [0.2, 0.25) is 5.02 Å². The fourth-order valence-corrected chi connectivity index (χ4v) is 6.17. The lowest BCUT2D eigenvalue weighted by atomic mass is 9.54. The Morgan fingerprint density at radius 1 is 1.11 bits per heavy atom. The largest absolute Gasteiger partial charge is 0.347 e. The van der Waals surface area contributed by atoms with Gasteiger partial charge in [-0.15, -0.1) is 0 Å². The van der Waals surface area contributed by atoms with Crippen molar-refractivity contribution in [2.24, 2.45) is 23.7 Å². The molecule has 1 aromatic heterocycles. The van der Waals surface area contributed by atoms with E-state index in [4.69, 9.17) is 11.6 Å². The van der Waals surface area contributed by atoms with Gasteiger partial charge in [-0.3, -0.25) is 9.59 Å². The van der Waals surface area contributed by atoms with Crippen LogP contribution in [0.15, 0.2) is 35.1 Å². The zero-order valence-electron chi connectivity index (χ0n) is 15.9. The van der Waals surface area contributed by atoms with Gasteiger partial charge in [0.25, 0.3) is 5.91 Å². The number of rotatable bonds is 3. The number of nitrogens with zero attached hydrogens (tertiary/aromatic N) is 2. The Morgan fingerprint density at radius 3 is 2.39 bits per heavy atom. The number of aromatic nitrogens is 2. The third-order valence-corrected chi connectivity index (χ3v) is 7.25. The maximum atomic E-state index is 13.0. The second-order valence-corrected chi connectivity index (χ2v) is 9.20. The summed E-state index contributed by atoms with van der Waals surface area (Å²) in [5.74, 6) is 2.42. The molecule has 146 valence electrons. The monoisotopic (exact) mass is 397 g/mol. The van der Waals surface area contributed by atoms with E-state index in [0.717, 1.165) is 11.8 Å². The van der Waals surface area contributed by atoms with Crippen molar-refractivity contribution in [1.82, 2.24) is 15.1 Å². The molecule has 1 N–H and O–H groups in total. The average Bonchev–Trinajstić information content (AvgIpc) is 2.65. The van der Waals surface area contributed by atoms with E-state index < -0.39 is 0 Å². The fourth-order valence-electron chi connectivity index (χ4n) is 5.95. The third-order valence-electron chi connectivity index (χ3n) is 6.93. The normalized spacial score (nSPS) is 30.4. The van der Waals surface area contributed by atoms with E-state index in [9.17, 15) is 9.59 Å². The average molecular weight is 398 g/mol. The van der Waals surface area contributed by atoms with Crippen molar-refractivity contribution in [2.45, 2.75) is 45.1 Å². The molecule has 4 aliphatic carbocycles. The van der Waals surface area contributed by atoms with Crippen LogP contribution in [0, 0.1) is 30.6 Å². The van der Waals surface area contributed by atoms with E-state index in [0.29, 0.717) is 28.2 Å². The molecule has 0 atom stereocenters. The molecule has 0 unspecified atom stereocenters. The van der Waals surface area contributed by atoms with Crippen molar-refractivity contribution in [1.29, 1.82) is 0 Å². The smallest absolute Gasteiger partial charge is 0.276 e. The van der Waals surface area contributed by atoms with Crippen molar-refractivity contribution >= 4 is 17.5 Å². The van der Waals surface area contributed by atoms with Gasteiger partial charge in [0.1, 0.15) is 0 Å². The molecule has 0 radical (unpaired) electrons. The summed E-state index contributed by atoms with van der Waals surface area (Å²) in [4.78, 5) is 25.5. The first kappa shape index (κ1) is 17.9. The topological polar surface area (TPSA) is 64.0 Å².